The summed E-state index contributed by atoms with van der Waals surface area (Å²) in [6, 6.07) is 17.1. The summed E-state index contributed by atoms with van der Waals surface area (Å²) in [5.41, 5.74) is 2.60. The molecule has 0 fully saturated rings. The lowest BCUT2D eigenvalue weighted by molar-refractivity contribution is -0.119. The second-order valence-electron chi connectivity index (χ2n) is 5.38. The molecule has 1 atom stereocenters. The zero-order valence-electron chi connectivity index (χ0n) is 13.8. The van der Waals surface area contributed by atoms with E-state index in [-0.39, 0.29) is 17.9 Å². The van der Waals surface area contributed by atoms with Gasteiger partial charge in [-0.15, -0.1) is 11.8 Å². The van der Waals surface area contributed by atoms with Crippen LogP contribution in [0.5, 0.6) is 0 Å². The highest BCUT2D eigenvalue weighted by Gasteiger charge is 2.10. The lowest BCUT2D eigenvalue weighted by atomic mass is 10.1. The molecule has 0 aliphatic heterocycles. The van der Waals surface area contributed by atoms with E-state index in [1.165, 1.54) is 18.9 Å². The van der Waals surface area contributed by atoms with Crippen molar-refractivity contribution < 1.29 is 14.3 Å². The minimum atomic E-state index is -0.351. The average molecular weight is 343 g/mol. The van der Waals surface area contributed by atoms with Crippen LogP contribution in [0.4, 0.5) is 0 Å². The van der Waals surface area contributed by atoms with Gasteiger partial charge in [0.1, 0.15) is 0 Å². The molecule has 0 saturated heterocycles. The number of benzene rings is 2. The molecule has 2 rings (SSSR count). The maximum Gasteiger partial charge on any atom is 0.337 e. The van der Waals surface area contributed by atoms with Gasteiger partial charge in [-0.25, -0.2) is 4.79 Å². The first-order valence-electron chi connectivity index (χ1n) is 7.69. The van der Waals surface area contributed by atoms with Gasteiger partial charge >= 0.3 is 5.97 Å². The second-order valence-corrected chi connectivity index (χ2v) is 6.37. The molecule has 0 unspecified atom stereocenters. The lowest BCUT2D eigenvalue weighted by Gasteiger charge is -2.14. The van der Waals surface area contributed by atoms with E-state index in [9.17, 15) is 9.59 Å². The van der Waals surface area contributed by atoms with Crippen LogP contribution in [0.25, 0.3) is 0 Å². The summed E-state index contributed by atoms with van der Waals surface area (Å²) in [6.45, 7) is 1.97. The number of hydrogen-bond donors (Lipinski definition) is 1. The van der Waals surface area contributed by atoms with Gasteiger partial charge in [-0.2, -0.15) is 0 Å². The average Bonchev–Trinajstić information content (AvgIpc) is 2.62. The molecular weight excluding hydrogens is 322 g/mol. The first kappa shape index (κ1) is 18.1. The van der Waals surface area contributed by atoms with Crippen LogP contribution in [0, 0.1) is 0 Å². The molecule has 0 spiro atoms. The Bertz CT molecular complexity index is 688. The number of rotatable bonds is 7. The number of nitrogens with one attached hydrogen (secondary N) is 1. The Hall–Kier alpha value is -2.27. The fourth-order valence-electron chi connectivity index (χ4n) is 2.28. The third-order valence-corrected chi connectivity index (χ3v) is 4.53. The second kappa shape index (κ2) is 9.13. The van der Waals surface area contributed by atoms with Gasteiger partial charge in [0.15, 0.2) is 0 Å². The van der Waals surface area contributed by atoms with Gasteiger partial charge in [0.2, 0.25) is 5.91 Å². The molecule has 0 saturated carbocycles. The van der Waals surface area contributed by atoms with Gasteiger partial charge < -0.3 is 10.1 Å². The fourth-order valence-corrected chi connectivity index (χ4v) is 3.06. The number of carbonyl (C=O) groups excluding carboxylic acids is 2. The van der Waals surface area contributed by atoms with Crippen LogP contribution in [-0.2, 0) is 15.3 Å². The molecule has 24 heavy (non-hydrogen) atoms. The Kier molecular flexibility index (Phi) is 6.88. The number of esters is 1. The summed E-state index contributed by atoms with van der Waals surface area (Å²) in [4.78, 5) is 23.5. The van der Waals surface area contributed by atoms with E-state index in [0.717, 1.165) is 11.1 Å². The van der Waals surface area contributed by atoms with Gasteiger partial charge in [0, 0.05) is 5.75 Å². The van der Waals surface area contributed by atoms with E-state index in [0.29, 0.717) is 17.1 Å². The Morgan fingerprint density at radius 3 is 2.58 bits per heavy atom. The molecule has 2 aromatic rings. The van der Waals surface area contributed by atoms with E-state index in [4.69, 9.17) is 4.74 Å². The Labute approximate surface area is 146 Å². The van der Waals surface area contributed by atoms with Crippen LogP contribution in [0.15, 0.2) is 54.6 Å². The van der Waals surface area contributed by atoms with E-state index in [1.54, 1.807) is 12.1 Å². The van der Waals surface area contributed by atoms with Crippen LogP contribution < -0.4 is 5.32 Å². The molecule has 0 aromatic heterocycles. The molecular formula is C19H21NO3S. The highest BCUT2D eigenvalue weighted by Crippen LogP contribution is 2.15. The van der Waals surface area contributed by atoms with E-state index >= 15 is 0 Å². The van der Waals surface area contributed by atoms with E-state index < -0.39 is 0 Å². The van der Waals surface area contributed by atoms with Gasteiger partial charge in [-0.1, -0.05) is 42.5 Å². The Morgan fingerprint density at radius 2 is 1.88 bits per heavy atom. The lowest BCUT2D eigenvalue weighted by Crippen LogP contribution is -2.28. The maximum absolute atomic E-state index is 12.0. The number of hydrogen-bond acceptors (Lipinski definition) is 4. The van der Waals surface area contributed by atoms with Crippen molar-refractivity contribution in [3.05, 3.63) is 71.3 Å². The summed E-state index contributed by atoms with van der Waals surface area (Å²) < 4.78 is 4.71. The Morgan fingerprint density at radius 1 is 1.12 bits per heavy atom. The molecule has 0 heterocycles. The highest BCUT2D eigenvalue weighted by atomic mass is 32.2. The largest absolute Gasteiger partial charge is 0.465 e. The molecule has 126 valence electrons. The summed E-state index contributed by atoms with van der Waals surface area (Å²) in [5, 5.41) is 2.99. The van der Waals surface area contributed by atoms with Crippen LogP contribution in [-0.4, -0.2) is 24.7 Å². The predicted molar refractivity (Wildman–Crippen MR) is 96.9 cm³/mol. The van der Waals surface area contributed by atoms with Gasteiger partial charge in [0.25, 0.3) is 0 Å². The topological polar surface area (TPSA) is 55.4 Å². The molecule has 1 N–H and O–H groups in total. The zero-order valence-corrected chi connectivity index (χ0v) is 14.6. The quantitative estimate of drug-likeness (QED) is 0.781. The third-order valence-electron chi connectivity index (χ3n) is 3.53. The maximum atomic E-state index is 12.0. The molecule has 1 amide bonds. The minimum absolute atomic E-state index is 0.000440. The molecule has 0 bridgehead atoms. The smallest absolute Gasteiger partial charge is 0.337 e. The van der Waals surface area contributed by atoms with Crippen LogP contribution in [0.3, 0.4) is 0 Å². The fraction of sp³-hybridized carbons (Fsp3) is 0.263. The van der Waals surface area contributed by atoms with Crippen LogP contribution >= 0.6 is 11.8 Å². The van der Waals surface area contributed by atoms with E-state index in [2.05, 4.69) is 5.32 Å². The van der Waals surface area contributed by atoms with Crippen molar-refractivity contribution in [1.82, 2.24) is 5.32 Å². The summed E-state index contributed by atoms with van der Waals surface area (Å²) in [6.07, 6.45) is 0. The predicted octanol–water partition coefficient (Wildman–Crippen LogP) is 3.58. The first-order valence-corrected chi connectivity index (χ1v) is 8.85. The summed E-state index contributed by atoms with van der Waals surface area (Å²) >= 11 is 1.52. The van der Waals surface area contributed by atoms with Crippen molar-refractivity contribution in [2.45, 2.75) is 18.7 Å². The van der Waals surface area contributed by atoms with Crippen molar-refractivity contribution >= 4 is 23.6 Å². The SMILES string of the molecule is COC(=O)c1cccc(CSCC(=O)N[C@@H](C)c2ccccc2)c1. The van der Waals surface area contributed by atoms with Crippen LogP contribution in [0.2, 0.25) is 0 Å². The van der Waals surface area contributed by atoms with E-state index in [1.807, 2.05) is 49.4 Å². The van der Waals surface area contributed by atoms with Gasteiger partial charge in [0.05, 0.1) is 24.5 Å². The zero-order chi connectivity index (χ0) is 17.4. The summed E-state index contributed by atoms with van der Waals surface area (Å²) in [5.74, 6) is 0.689. The van der Waals surface area contributed by atoms with Gasteiger partial charge in [-0.05, 0) is 30.2 Å². The molecule has 0 aliphatic rings. The number of thioether (sulfide) groups is 1. The molecule has 4 nitrogen and oxygen atoms in total. The Balaban J connectivity index is 1.79. The number of methoxy groups -OCH3 is 1. The molecule has 0 aliphatic carbocycles. The standard InChI is InChI=1S/C19H21NO3S/c1-14(16-8-4-3-5-9-16)20-18(21)13-24-12-15-7-6-10-17(11-15)19(22)23-2/h3-11,14H,12-13H2,1-2H3,(H,20,21)/t14-/m0/s1. The molecule has 2 aromatic carbocycles. The normalized spacial score (nSPS) is 11.6. The van der Waals surface area contributed by atoms with Crippen molar-refractivity contribution in [2.75, 3.05) is 12.9 Å². The minimum Gasteiger partial charge on any atom is -0.465 e. The molecule has 5 heteroatoms. The van der Waals surface area contributed by atoms with Crippen LogP contribution in [0.1, 0.15) is 34.5 Å². The van der Waals surface area contributed by atoms with Crippen molar-refractivity contribution in [3.8, 4) is 0 Å². The van der Waals surface area contributed by atoms with Gasteiger partial charge in [-0.3, -0.25) is 4.79 Å². The van der Waals surface area contributed by atoms with Crippen molar-refractivity contribution in [3.63, 3.8) is 0 Å². The first-order chi connectivity index (χ1) is 11.6. The highest BCUT2D eigenvalue weighted by molar-refractivity contribution is 7.99. The number of amides is 1. The molecule has 0 radical (unpaired) electrons. The third kappa shape index (κ3) is 5.42. The van der Waals surface area contributed by atoms with Crippen molar-refractivity contribution in [1.29, 1.82) is 0 Å². The number of carbonyl (C=O) groups is 2. The van der Waals surface area contributed by atoms with Crippen molar-refractivity contribution in [2.24, 2.45) is 0 Å². The number of ether oxygens (including phenoxy) is 1. The monoisotopic (exact) mass is 343 g/mol. The summed E-state index contributed by atoms with van der Waals surface area (Å²) in [7, 11) is 1.36.